The first-order chi connectivity index (χ1) is 6.03. The Labute approximate surface area is 78.3 Å². The van der Waals surface area contributed by atoms with E-state index in [0.717, 1.165) is 0 Å². The fourth-order valence-electron chi connectivity index (χ4n) is 0.922. The summed E-state index contributed by atoms with van der Waals surface area (Å²) in [4.78, 5) is 3.80. The standard InChI is InChI=1S/C7H8ClF3N2/c8-5-6-12-2-4-13(6)3-1-7(9,10)11/h2,4H,1,3,5H2. The van der Waals surface area contributed by atoms with Gasteiger partial charge in [0.2, 0.25) is 0 Å². The van der Waals surface area contributed by atoms with Gasteiger partial charge in [0.1, 0.15) is 5.82 Å². The molecule has 0 saturated carbocycles. The molecule has 0 bridgehead atoms. The van der Waals surface area contributed by atoms with Crippen LogP contribution in [0.2, 0.25) is 0 Å². The van der Waals surface area contributed by atoms with E-state index >= 15 is 0 Å². The summed E-state index contributed by atoms with van der Waals surface area (Å²) in [6.07, 6.45) is -2.06. The fourth-order valence-corrected chi connectivity index (χ4v) is 1.14. The zero-order valence-electron chi connectivity index (χ0n) is 6.68. The minimum Gasteiger partial charge on any atom is -0.334 e. The maximum Gasteiger partial charge on any atom is 0.390 e. The topological polar surface area (TPSA) is 17.8 Å². The third kappa shape index (κ3) is 3.26. The Balaban J connectivity index is 2.54. The second-order valence-electron chi connectivity index (χ2n) is 2.54. The van der Waals surface area contributed by atoms with Crippen LogP contribution in [0.25, 0.3) is 0 Å². The molecule has 0 saturated heterocycles. The molecular formula is C7H8ClF3N2. The van der Waals surface area contributed by atoms with Gasteiger partial charge in [-0.2, -0.15) is 13.2 Å². The van der Waals surface area contributed by atoms with Crippen LogP contribution in [0.5, 0.6) is 0 Å². The van der Waals surface area contributed by atoms with Gasteiger partial charge in [-0.15, -0.1) is 11.6 Å². The predicted molar refractivity (Wildman–Crippen MR) is 42.5 cm³/mol. The monoisotopic (exact) mass is 212 g/mol. The molecule has 74 valence electrons. The Hall–Kier alpha value is -0.710. The largest absolute Gasteiger partial charge is 0.390 e. The number of imidazole rings is 1. The number of rotatable bonds is 3. The van der Waals surface area contributed by atoms with Crippen molar-refractivity contribution in [2.75, 3.05) is 0 Å². The van der Waals surface area contributed by atoms with Crippen LogP contribution >= 0.6 is 11.6 Å². The Kier molecular flexibility index (Phi) is 3.19. The van der Waals surface area contributed by atoms with Crippen LogP contribution in [0.3, 0.4) is 0 Å². The van der Waals surface area contributed by atoms with E-state index in [-0.39, 0.29) is 12.4 Å². The van der Waals surface area contributed by atoms with Crippen LogP contribution in [0.4, 0.5) is 13.2 Å². The van der Waals surface area contributed by atoms with Crippen molar-refractivity contribution in [2.45, 2.75) is 25.0 Å². The molecule has 1 aromatic rings. The van der Waals surface area contributed by atoms with Crippen LogP contribution in [-0.2, 0) is 12.4 Å². The SMILES string of the molecule is FC(F)(F)CCn1ccnc1CCl. The van der Waals surface area contributed by atoms with Crippen molar-refractivity contribution in [2.24, 2.45) is 0 Å². The third-order valence-corrected chi connectivity index (χ3v) is 1.80. The summed E-state index contributed by atoms with van der Waals surface area (Å²) in [7, 11) is 0. The molecule has 0 aliphatic carbocycles. The Morgan fingerprint density at radius 1 is 1.46 bits per heavy atom. The van der Waals surface area contributed by atoms with Gasteiger partial charge in [-0.3, -0.25) is 0 Å². The van der Waals surface area contributed by atoms with Gasteiger partial charge in [0.15, 0.2) is 0 Å². The molecule has 1 heterocycles. The highest BCUT2D eigenvalue weighted by Crippen LogP contribution is 2.20. The summed E-state index contributed by atoms with van der Waals surface area (Å²) in [5.74, 6) is 0.594. The van der Waals surface area contributed by atoms with E-state index in [4.69, 9.17) is 11.6 Å². The Morgan fingerprint density at radius 2 is 2.15 bits per heavy atom. The molecule has 0 fully saturated rings. The lowest BCUT2D eigenvalue weighted by Crippen LogP contribution is -2.13. The van der Waals surface area contributed by atoms with Gasteiger partial charge in [-0.1, -0.05) is 0 Å². The highest BCUT2D eigenvalue weighted by molar-refractivity contribution is 6.16. The van der Waals surface area contributed by atoms with Crippen molar-refractivity contribution in [1.29, 1.82) is 0 Å². The van der Waals surface area contributed by atoms with Crippen molar-refractivity contribution >= 4 is 11.6 Å². The van der Waals surface area contributed by atoms with Crippen LogP contribution < -0.4 is 0 Å². The van der Waals surface area contributed by atoms with E-state index in [1.54, 1.807) is 0 Å². The van der Waals surface area contributed by atoms with Crippen LogP contribution in [0, 0.1) is 0 Å². The summed E-state index contributed by atoms with van der Waals surface area (Å²) in [5, 5.41) is 0. The third-order valence-electron chi connectivity index (χ3n) is 1.56. The first kappa shape index (κ1) is 10.4. The number of alkyl halides is 4. The molecule has 0 unspecified atom stereocenters. The predicted octanol–water partition coefficient (Wildman–Crippen LogP) is 2.57. The average molecular weight is 213 g/mol. The zero-order chi connectivity index (χ0) is 9.90. The number of hydrogen-bond acceptors (Lipinski definition) is 1. The molecule has 13 heavy (non-hydrogen) atoms. The lowest BCUT2D eigenvalue weighted by Gasteiger charge is -2.08. The van der Waals surface area contributed by atoms with Gasteiger partial charge in [0, 0.05) is 18.9 Å². The molecule has 1 rings (SSSR count). The Morgan fingerprint density at radius 3 is 2.69 bits per heavy atom. The van der Waals surface area contributed by atoms with Crippen LogP contribution in [-0.4, -0.2) is 15.7 Å². The maximum absolute atomic E-state index is 11.8. The van der Waals surface area contributed by atoms with Crippen molar-refractivity contribution in [3.8, 4) is 0 Å². The van der Waals surface area contributed by atoms with Crippen LogP contribution in [0.15, 0.2) is 12.4 Å². The molecule has 0 radical (unpaired) electrons. The first-order valence-corrected chi connectivity index (χ1v) is 4.19. The van der Waals surface area contributed by atoms with Gasteiger partial charge in [-0.05, 0) is 0 Å². The van der Waals surface area contributed by atoms with Gasteiger partial charge >= 0.3 is 6.18 Å². The van der Waals surface area contributed by atoms with Crippen molar-refractivity contribution < 1.29 is 13.2 Å². The van der Waals surface area contributed by atoms with Gasteiger partial charge < -0.3 is 4.57 Å². The number of aryl methyl sites for hydroxylation is 1. The normalized spacial score (nSPS) is 12.0. The van der Waals surface area contributed by atoms with Gasteiger partial charge in [0.05, 0.1) is 12.3 Å². The molecule has 0 aromatic carbocycles. The molecule has 0 atom stereocenters. The summed E-state index contributed by atoms with van der Waals surface area (Å²) >= 11 is 5.46. The quantitative estimate of drug-likeness (QED) is 0.705. The van der Waals surface area contributed by atoms with Crippen molar-refractivity contribution in [1.82, 2.24) is 9.55 Å². The highest BCUT2D eigenvalue weighted by atomic mass is 35.5. The second kappa shape index (κ2) is 4.00. The Bertz CT molecular complexity index is 269. The summed E-state index contributed by atoms with van der Waals surface area (Å²) < 4.78 is 36.9. The smallest absolute Gasteiger partial charge is 0.334 e. The maximum atomic E-state index is 11.8. The lowest BCUT2D eigenvalue weighted by atomic mass is 10.4. The lowest BCUT2D eigenvalue weighted by molar-refractivity contribution is -0.136. The molecular weight excluding hydrogens is 205 g/mol. The van der Waals surface area contributed by atoms with E-state index in [9.17, 15) is 13.2 Å². The summed E-state index contributed by atoms with van der Waals surface area (Å²) in [5.41, 5.74) is 0. The number of aromatic nitrogens is 2. The van der Waals surface area contributed by atoms with Gasteiger partial charge in [0.25, 0.3) is 0 Å². The van der Waals surface area contributed by atoms with E-state index in [1.807, 2.05) is 0 Å². The van der Waals surface area contributed by atoms with Gasteiger partial charge in [-0.25, -0.2) is 4.98 Å². The van der Waals surface area contributed by atoms with E-state index in [1.165, 1.54) is 17.0 Å². The van der Waals surface area contributed by atoms with Crippen LogP contribution in [0.1, 0.15) is 12.2 Å². The molecule has 0 aliphatic rings. The zero-order valence-corrected chi connectivity index (χ0v) is 7.44. The first-order valence-electron chi connectivity index (χ1n) is 3.65. The molecule has 0 spiro atoms. The number of nitrogens with zero attached hydrogens (tertiary/aromatic N) is 2. The summed E-state index contributed by atoms with van der Waals surface area (Å²) in [6, 6.07) is 0. The molecule has 1 aromatic heterocycles. The highest BCUT2D eigenvalue weighted by Gasteiger charge is 2.26. The number of halogens is 4. The average Bonchev–Trinajstić information content (AvgIpc) is 2.46. The van der Waals surface area contributed by atoms with E-state index in [2.05, 4.69) is 4.98 Å². The number of hydrogen-bond donors (Lipinski definition) is 0. The molecule has 2 nitrogen and oxygen atoms in total. The van der Waals surface area contributed by atoms with E-state index < -0.39 is 12.6 Å². The van der Waals surface area contributed by atoms with Crippen molar-refractivity contribution in [3.63, 3.8) is 0 Å². The van der Waals surface area contributed by atoms with Crippen molar-refractivity contribution in [3.05, 3.63) is 18.2 Å². The molecule has 0 aliphatic heterocycles. The van der Waals surface area contributed by atoms with E-state index in [0.29, 0.717) is 5.82 Å². The second-order valence-corrected chi connectivity index (χ2v) is 2.80. The summed E-state index contributed by atoms with van der Waals surface area (Å²) in [6.45, 7) is -0.119. The minimum atomic E-state index is -4.13. The molecule has 0 N–H and O–H groups in total. The minimum absolute atomic E-state index is 0.119. The fraction of sp³-hybridized carbons (Fsp3) is 0.571. The molecule has 6 heteroatoms. The molecule has 0 amide bonds.